The quantitative estimate of drug-likeness (QED) is 0.803. The van der Waals surface area contributed by atoms with Crippen LogP contribution in [0.4, 0.5) is 0 Å². The molecule has 0 aromatic carbocycles. The van der Waals surface area contributed by atoms with Crippen LogP contribution in [0.25, 0.3) is 0 Å². The minimum Gasteiger partial charge on any atom is -0.390 e. The molecule has 0 bridgehead atoms. The molecule has 0 amide bonds. The smallest absolute Gasteiger partial charge is 0.0793 e. The first kappa shape index (κ1) is 14.8. The number of hydrogen-bond donors (Lipinski definition) is 2. The number of aliphatic hydroxyl groups excluding tert-OH is 1. The van der Waals surface area contributed by atoms with Crippen molar-refractivity contribution in [1.29, 1.82) is 0 Å². The number of likely N-dealkylation sites (tertiary alicyclic amines) is 1. The van der Waals surface area contributed by atoms with E-state index in [0.29, 0.717) is 0 Å². The van der Waals surface area contributed by atoms with E-state index < -0.39 is 0 Å². The number of nitrogens with one attached hydrogen (secondary N) is 1. The summed E-state index contributed by atoms with van der Waals surface area (Å²) in [6.07, 6.45) is 8.20. The third-order valence-electron chi connectivity index (χ3n) is 5.48. The Morgan fingerprint density at radius 2 is 1.70 bits per heavy atom. The number of fused-ring (bicyclic) bond motifs is 1. The third-order valence-corrected chi connectivity index (χ3v) is 5.48. The molecular weight excluding hydrogens is 250 g/mol. The molecule has 116 valence electrons. The van der Waals surface area contributed by atoms with E-state index in [0.717, 1.165) is 51.2 Å². The molecule has 1 aliphatic carbocycles. The van der Waals surface area contributed by atoms with Crippen LogP contribution < -0.4 is 5.32 Å². The Bertz CT molecular complexity index is 291. The van der Waals surface area contributed by atoms with Gasteiger partial charge in [-0.3, -0.25) is 9.80 Å². The highest BCUT2D eigenvalue weighted by Crippen LogP contribution is 2.35. The summed E-state index contributed by atoms with van der Waals surface area (Å²) in [4.78, 5) is 5.02. The van der Waals surface area contributed by atoms with E-state index >= 15 is 0 Å². The van der Waals surface area contributed by atoms with Gasteiger partial charge in [-0.15, -0.1) is 0 Å². The Kier molecular flexibility index (Phi) is 5.32. The van der Waals surface area contributed by atoms with Crippen molar-refractivity contribution >= 4 is 0 Å². The Balaban J connectivity index is 1.47. The van der Waals surface area contributed by atoms with Gasteiger partial charge in [0, 0.05) is 45.3 Å². The van der Waals surface area contributed by atoms with E-state index in [2.05, 4.69) is 15.1 Å². The van der Waals surface area contributed by atoms with Crippen molar-refractivity contribution in [3.8, 4) is 0 Å². The van der Waals surface area contributed by atoms with Crippen molar-refractivity contribution in [1.82, 2.24) is 15.1 Å². The number of aliphatic hydroxyl groups is 1. The molecule has 3 unspecified atom stereocenters. The molecule has 0 spiro atoms. The fourth-order valence-corrected chi connectivity index (χ4v) is 4.47. The summed E-state index contributed by atoms with van der Waals surface area (Å²) in [5, 5.41) is 13.8. The molecule has 20 heavy (non-hydrogen) atoms. The largest absolute Gasteiger partial charge is 0.390 e. The highest BCUT2D eigenvalue weighted by atomic mass is 16.3. The highest BCUT2D eigenvalue weighted by Gasteiger charge is 2.33. The van der Waals surface area contributed by atoms with Gasteiger partial charge in [0.15, 0.2) is 0 Å². The van der Waals surface area contributed by atoms with E-state index in [-0.39, 0.29) is 6.10 Å². The Labute approximate surface area is 123 Å². The summed E-state index contributed by atoms with van der Waals surface area (Å²) in [5.74, 6) is 0.920. The number of piperidine rings is 1. The van der Waals surface area contributed by atoms with Gasteiger partial charge in [0.25, 0.3) is 0 Å². The van der Waals surface area contributed by atoms with Crippen LogP contribution in [0.1, 0.15) is 38.5 Å². The van der Waals surface area contributed by atoms with Crippen LogP contribution in [0.15, 0.2) is 0 Å². The zero-order valence-corrected chi connectivity index (χ0v) is 12.8. The highest BCUT2D eigenvalue weighted by molar-refractivity contribution is 4.88. The number of β-amino-alcohol motifs (C(OH)–C–C–N with tert-alkyl or cyclic N) is 1. The molecule has 1 saturated carbocycles. The van der Waals surface area contributed by atoms with Gasteiger partial charge in [-0.05, 0) is 38.1 Å². The maximum Gasteiger partial charge on any atom is 0.0793 e. The van der Waals surface area contributed by atoms with Crippen LogP contribution in [0.3, 0.4) is 0 Å². The van der Waals surface area contributed by atoms with Gasteiger partial charge in [0.2, 0.25) is 0 Å². The summed E-state index contributed by atoms with van der Waals surface area (Å²) in [7, 11) is 0. The van der Waals surface area contributed by atoms with Crippen LogP contribution >= 0.6 is 0 Å². The summed E-state index contributed by atoms with van der Waals surface area (Å²) in [5.41, 5.74) is 0. The topological polar surface area (TPSA) is 38.7 Å². The van der Waals surface area contributed by atoms with E-state index in [1.807, 2.05) is 0 Å². The van der Waals surface area contributed by atoms with Crippen molar-refractivity contribution in [3.63, 3.8) is 0 Å². The van der Waals surface area contributed by atoms with Gasteiger partial charge in [-0.25, -0.2) is 0 Å². The predicted octanol–water partition coefficient (Wildman–Crippen LogP) is 0.907. The second-order valence-corrected chi connectivity index (χ2v) is 6.95. The lowest BCUT2D eigenvalue weighted by molar-refractivity contribution is 0.00844. The van der Waals surface area contributed by atoms with Gasteiger partial charge < -0.3 is 10.4 Å². The molecule has 3 fully saturated rings. The molecule has 2 aliphatic heterocycles. The molecule has 3 rings (SSSR count). The Hall–Kier alpha value is -0.160. The van der Waals surface area contributed by atoms with Gasteiger partial charge in [0.1, 0.15) is 0 Å². The SMILES string of the molecule is OC(CN1CCNCC1)CN1CCCC2CCCCC21. The summed E-state index contributed by atoms with van der Waals surface area (Å²) in [6.45, 7) is 7.27. The van der Waals surface area contributed by atoms with Crippen molar-refractivity contribution in [2.45, 2.75) is 50.7 Å². The standard InChI is InChI=1S/C16H31N3O/c20-15(12-18-10-7-17-8-11-18)13-19-9-3-5-14-4-1-2-6-16(14)19/h14-17,20H,1-13H2. The summed E-state index contributed by atoms with van der Waals surface area (Å²) >= 11 is 0. The average Bonchev–Trinajstić information content (AvgIpc) is 2.48. The van der Waals surface area contributed by atoms with Gasteiger partial charge in [-0.2, -0.15) is 0 Å². The van der Waals surface area contributed by atoms with E-state index in [4.69, 9.17) is 0 Å². The summed E-state index contributed by atoms with van der Waals surface area (Å²) < 4.78 is 0. The first-order valence-corrected chi connectivity index (χ1v) is 8.68. The first-order chi connectivity index (χ1) is 9.83. The van der Waals surface area contributed by atoms with Crippen molar-refractivity contribution in [2.75, 3.05) is 45.8 Å². The molecule has 3 atom stereocenters. The van der Waals surface area contributed by atoms with Crippen LogP contribution in [-0.4, -0.2) is 72.9 Å². The average molecular weight is 281 g/mol. The number of nitrogens with zero attached hydrogens (tertiary/aromatic N) is 2. The molecule has 0 radical (unpaired) electrons. The normalized spacial score (nSPS) is 34.6. The lowest BCUT2D eigenvalue weighted by atomic mass is 9.78. The second kappa shape index (κ2) is 7.21. The minimum atomic E-state index is -0.172. The number of hydrogen-bond acceptors (Lipinski definition) is 4. The van der Waals surface area contributed by atoms with Crippen LogP contribution in [0, 0.1) is 5.92 Å². The summed E-state index contributed by atoms with van der Waals surface area (Å²) in [6, 6.07) is 0.773. The maximum atomic E-state index is 10.4. The van der Waals surface area contributed by atoms with Gasteiger partial charge in [0.05, 0.1) is 6.10 Å². The number of rotatable bonds is 4. The number of piperazine rings is 1. The Morgan fingerprint density at radius 1 is 0.950 bits per heavy atom. The molecule has 2 N–H and O–H groups in total. The lowest BCUT2D eigenvalue weighted by Crippen LogP contribution is -2.52. The zero-order valence-electron chi connectivity index (χ0n) is 12.8. The maximum absolute atomic E-state index is 10.4. The van der Waals surface area contributed by atoms with Crippen LogP contribution in [0.2, 0.25) is 0 Å². The van der Waals surface area contributed by atoms with Crippen LogP contribution in [0.5, 0.6) is 0 Å². The zero-order chi connectivity index (χ0) is 13.8. The van der Waals surface area contributed by atoms with Crippen molar-refractivity contribution in [3.05, 3.63) is 0 Å². The molecule has 3 aliphatic rings. The third kappa shape index (κ3) is 3.73. The second-order valence-electron chi connectivity index (χ2n) is 6.95. The molecule has 0 aromatic heterocycles. The van der Waals surface area contributed by atoms with Gasteiger partial charge >= 0.3 is 0 Å². The fraction of sp³-hybridized carbons (Fsp3) is 1.00. The van der Waals surface area contributed by atoms with Crippen molar-refractivity contribution in [2.24, 2.45) is 5.92 Å². The first-order valence-electron chi connectivity index (χ1n) is 8.68. The monoisotopic (exact) mass is 281 g/mol. The van der Waals surface area contributed by atoms with E-state index in [1.165, 1.54) is 45.1 Å². The van der Waals surface area contributed by atoms with Gasteiger partial charge in [-0.1, -0.05) is 12.8 Å². The minimum absolute atomic E-state index is 0.172. The fourth-order valence-electron chi connectivity index (χ4n) is 4.47. The molecule has 2 saturated heterocycles. The van der Waals surface area contributed by atoms with Crippen LogP contribution in [-0.2, 0) is 0 Å². The van der Waals surface area contributed by atoms with E-state index in [1.54, 1.807) is 0 Å². The van der Waals surface area contributed by atoms with Crippen molar-refractivity contribution < 1.29 is 5.11 Å². The lowest BCUT2D eigenvalue weighted by Gasteiger charge is -2.45. The molecular formula is C16H31N3O. The molecule has 2 heterocycles. The van der Waals surface area contributed by atoms with E-state index in [9.17, 15) is 5.11 Å². The predicted molar refractivity (Wildman–Crippen MR) is 81.9 cm³/mol. The molecule has 4 nitrogen and oxygen atoms in total. The Morgan fingerprint density at radius 3 is 2.55 bits per heavy atom. The molecule has 0 aromatic rings. The molecule has 4 heteroatoms.